The van der Waals surface area contributed by atoms with Crippen molar-refractivity contribution in [1.82, 2.24) is 10.2 Å². The molecular weight excluding hydrogens is 224 g/mol. The van der Waals surface area contributed by atoms with Gasteiger partial charge in [0.2, 0.25) is 11.0 Å². The van der Waals surface area contributed by atoms with E-state index in [2.05, 4.69) is 15.5 Å². The Morgan fingerprint density at radius 3 is 2.71 bits per heavy atom. The lowest BCUT2D eigenvalue weighted by Crippen LogP contribution is -2.39. The number of aromatic nitrogens is 2. The quantitative estimate of drug-likeness (QED) is 0.817. The van der Waals surface area contributed by atoms with Crippen molar-refractivity contribution in [3.8, 4) is 0 Å². The highest BCUT2D eigenvalue weighted by Gasteiger charge is 2.17. The van der Waals surface area contributed by atoms with Crippen molar-refractivity contribution in [2.24, 2.45) is 11.7 Å². The zero-order valence-corrected chi connectivity index (χ0v) is 9.56. The van der Waals surface area contributed by atoms with Crippen molar-refractivity contribution < 1.29 is 4.79 Å². The normalized spacial score (nSPS) is 12.0. The van der Waals surface area contributed by atoms with Crippen LogP contribution in [0, 0.1) is 5.92 Å². The summed E-state index contributed by atoms with van der Waals surface area (Å²) in [7, 11) is 0. The first kappa shape index (κ1) is 13.3. The number of nitrogens with one attached hydrogen (secondary N) is 1. The van der Waals surface area contributed by atoms with Crippen LogP contribution in [0.1, 0.15) is 13.8 Å². The summed E-state index contributed by atoms with van der Waals surface area (Å²) in [5, 5.41) is 10.3. The van der Waals surface area contributed by atoms with Gasteiger partial charge in [-0.2, -0.15) is 0 Å². The van der Waals surface area contributed by atoms with Crippen LogP contribution in [-0.4, -0.2) is 22.1 Å². The first-order valence-electron chi connectivity index (χ1n) is 3.94. The Hall–Kier alpha value is -0.720. The SMILES string of the molecule is CC(C)[C@@H](N)C(=O)Nc1nncs1.Cl. The molecule has 5 nitrogen and oxygen atoms in total. The summed E-state index contributed by atoms with van der Waals surface area (Å²) in [4.78, 5) is 11.4. The van der Waals surface area contributed by atoms with E-state index in [0.717, 1.165) is 0 Å². The van der Waals surface area contributed by atoms with Crippen LogP contribution < -0.4 is 11.1 Å². The van der Waals surface area contributed by atoms with Gasteiger partial charge in [-0.15, -0.1) is 22.6 Å². The molecule has 3 N–H and O–H groups in total. The molecule has 0 aromatic carbocycles. The van der Waals surface area contributed by atoms with Gasteiger partial charge in [-0.05, 0) is 5.92 Å². The number of nitrogens with two attached hydrogens (primary N) is 1. The molecule has 0 aliphatic carbocycles. The summed E-state index contributed by atoms with van der Waals surface area (Å²) in [6, 6.07) is -0.496. The zero-order valence-electron chi connectivity index (χ0n) is 7.93. The molecule has 1 rings (SSSR count). The van der Waals surface area contributed by atoms with E-state index >= 15 is 0 Å². The molecule has 1 aromatic heterocycles. The van der Waals surface area contributed by atoms with Crippen molar-refractivity contribution in [1.29, 1.82) is 0 Å². The highest BCUT2D eigenvalue weighted by molar-refractivity contribution is 7.13. The van der Waals surface area contributed by atoms with Gasteiger partial charge in [0.15, 0.2) is 0 Å². The Kier molecular flexibility index (Phi) is 5.59. The van der Waals surface area contributed by atoms with Crippen molar-refractivity contribution >= 4 is 34.8 Å². The maximum Gasteiger partial charge on any atom is 0.243 e. The van der Waals surface area contributed by atoms with Crippen LogP contribution in [-0.2, 0) is 4.79 Å². The number of carbonyl (C=O) groups is 1. The van der Waals surface area contributed by atoms with Gasteiger partial charge < -0.3 is 5.73 Å². The smallest absolute Gasteiger partial charge is 0.243 e. The van der Waals surface area contributed by atoms with Crippen LogP contribution in [0.5, 0.6) is 0 Å². The molecule has 14 heavy (non-hydrogen) atoms. The first-order chi connectivity index (χ1) is 6.11. The Morgan fingerprint density at radius 1 is 1.64 bits per heavy atom. The molecule has 80 valence electrons. The van der Waals surface area contributed by atoms with Gasteiger partial charge in [0.05, 0.1) is 6.04 Å². The molecule has 7 heteroatoms. The third kappa shape index (κ3) is 3.57. The van der Waals surface area contributed by atoms with Crippen molar-refractivity contribution in [3.63, 3.8) is 0 Å². The summed E-state index contributed by atoms with van der Waals surface area (Å²) in [6.45, 7) is 3.79. The minimum atomic E-state index is -0.496. The lowest BCUT2D eigenvalue weighted by molar-refractivity contribution is -0.118. The molecule has 0 saturated heterocycles. The van der Waals surface area contributed by atoms with Crippen LogP contribution in [0.2, 0.25) is 0 Å². The number of nitrogens with zero attached hydrogens (tertiary/aromatic N) is 2. The van der Waals surface area contributed by atoms with Crippen LogP contribution in [0.4, 0.5) is 5.13 Å². The van der Waals surface area contributed by atoms with Gasteiger partial charge in [-0.25, -0.2) is 0 Å². The zero-order chi connectivity index (χ0) is 9.84. The Labute approximate surface area is 92.5 Å². The standard InChI is InChI=1S/C7H12N4OS.ClH/c1-4(2)5(8)6(12)10-7-11-9-3-13-7;/h3-5H,8H2,1-2H3,(H,10,11,12);1H/t5-;/m1./s1. The van der Waals surface area contributed by atoms with E-state index in [0.29, 0.717) is 5.13 Å². The minimum absolute atomic E-state index is 0. The molecule has 1 atom stereocenters. The summed E-state index contributed by atoms with van der Waals surface area (Å²) in [5.74, 6) is -0.0975. The van der Waals surface area contributed by atoms with Gasteiger partial charge >= 0.3 is 0 Å². The number of hydrogen-bond donors (Lipinski definition) is 2. The number of halogens is 1. The van der Waals surface area contributed by atoms with Crippen molar-refractivity contribution in [3.05, 3.63) is 5.51 Å². The maximum absolute atomic E-state index is 11.4. The predicted molar refractivity (Wildman–Crippen MR) is 58.6 cm³/mol. The Balaban J connectivity index is 0.00000169. The predicted octanol–water partition coefficient (Wildman–Crippen LogP) is 0.882. The molecule has 0 aliphatic rings. The average molecular weight is 237 g/mol. The van der Waals surface area contributed by atoms with Gasteiger partial charge in [0.1, 0.15) is 5.51 Å². The van der Waals surface area contributed by atoms with Crippen molar-refractivity contribution in [2.75, 3.05) is 5.32 Å². The molecule has 0 aliphatic heterocycles. The van der Waals surface area contributed by atoms with E-state index in [1.54, 1.807) is 5.51 Å². The highest BCUT2D eigenvalue weighted by Crippen LogP contribution is 2.09. The number of anilines is 1. The van der Waals surface area contributed by atoms with E-state index in [-0.39, 0.29) is 24.2 Å². The molecule has 0 unspecified atom stereocenters. The van der Waals surface area contributed by atoms with E-state index in [1.807, 2.05) is 13.8 Å². The molecule has 0 saturated carbocycles. The first-order valence-corrected chi connectivity index (χ1v) is 4.82. The number of rotatable bonds is 3. The van der Waals surface area contributed by atoms with Crippen LogP contribution in [0.25, 0.3) is 0 Å². The van der Waals surface area contributed by atoms with Gasteiger partial charge in [-0.3, -0.25) is 10.1 Å². The monoisotopic (exact) mass is 236 g/mol. The Morgan fingerprint density at radius 2 is 2.29 bits per heavy atom. The van der Waals surface area contributed by atoms with Crippen LogP contribution in [0.3, 0.4) is 0 Å². The van der Waals surface area contributed by atoms with E-state index in [4.69, 9.17) is 5.73 Å². The molecule has 1 aromatic rings. The molecule has 1 heterocycles. The fraction of sp³-hybridized carbons (Fsp3) is 0.571. The number of hydrogen-bond acceptors (Lipinski definition) is 5. The van der Waals surface area contributed by atoms with Gasteiger partial charge in [-0.1, -0.05) is 25.2 Å². The molecule has 0 radical (unpaired) electrons. The largest absolute Gasteiger partial charge is 0.320 e. The highest BCUT2D eigenvalue weighted by atomic mass is 35.5. The van der Waals surface area contributed by atoms with E-state index in [9.17, 15) is 4.79 Å². The van der Waals surface area contributed by atoms with Crippen LogP contribution in [0.15, 0.2) is 5.51 Å². The van der Waals surface area contributed by atoms with Gasteiger partial charge in [0, 0.05) is 0 Å². The summed E-state index contributed by atoms with van der Waals surface area (Å²) < 4.78 is 0. The molecule has 1 amide bonds. The number of carbonyl (C=O) groups excluding carboxylic acids is 1. The fourth-order valence-corrected chi connectivity index (χ4v) is 1.17. The lowest BCUT2D eigenvalue weighted by Gasteiger charge is -2.13. The lowest BCUT2D eigenvalue weighted by atomic mass is 10.1. The van der Waals surface area contributed by atoms with E-state index < -0.39 is 6.04 Å². The molecule has 0 bridgehead atoms. The summed E-state index contributed by atoms with van der Waals surface area (Å²) in [5.41, 5.74) is 7.17. The van der Waals surface area contributed by atoms with Crippen molar-refractivity contribution in [2.45, 2.75) is 19.9 Å². The van der Waals surface area contributed by atoms with Gasteiger partial charge in [0.25, 0.3) is 0 Å². The van der Waals surface area contributed by atoms with E-state index in [1.165, 1.54) is 11.3 Å². The second-order valence-electron chi connectivity index (χ2n) is 3.00. The topological polar surface area (TPSA) is 80.9 Å². The van der Waals surface area contributed by atoms with Crippen LogP contribution >= 0.6 is 23.7 Å². The molecular formula is C7H13ClN4OS. The second kappa shape index (κ2) is 5.90. The Bertz CT molecular complexity index is 277. The average Bonchev–Trinajstić information content (AvgIpc) is 2.55. The summed E-state index contributed by atoms with van der Waals surface area (Å²) >= 11 is 1.27. The maximum atomic E-state index is 11.4. The summed E-state index contributed by atoms with van der Waals surface area (Å²) in [6.07, 6.45) is 0. The fourth-order valence-electron chi connectivity index (χ4n) is 0.719. The molecule has 0 fully saturated rings. The molecule has 0 spiro atoms. The number of amides is 1. The second-order valence-corrected chi connectivity index (χ2v) is 3.84. The minimum Gasteiger partial charge on any atom is -0.320 e. The third-order valence-electron chi connectivity index (χ3n) is 1.61. The third-order valence-corrected chi connectivity index (χ3v) is 2.22.